The van der Waals surface area contributed by atoms with Gasteiger partial charge in [-0.05, 0) is 24.8 Å². The summed E-state index contributed by atoms with van der Waals surface area (Å²) in [6.07, 6.45) is 1.08. The lowest BCUT2D eigenvalue weighted by Crippen LogP contribution is -2.44. The van der Waals surface area contributed by atoms with E-state index >= 15 is 0 Å². The van der Waals surface area contributed by atoms with Crippen LogP contribution in [0, 0.1) is 11.8 Å². The van der Waals surface area contributed by atoms with Gasteiger partial charge in [0.1, 0.15) is 0 Å². The first kappa shape index (κ1) is 15.8. The lowest BCUT2D eigenvalue weighted by atomic mass is 9.95. The number of carbonyl (C=O) groups excluding carboxylic acids is 1. The third-order valence-corrected chi connectivity index (χ3v) is 4.23. The predicted molar refractivity (Wildman–Crippen MR) is 84.1 cm³/mol. The minimum absolute atomic E-state index is 0.0880. The van der Waals surface area contributed by atoms with E-state index in [1.807, 2.05) is 25.1 Å². The Morgan fingerprint density at radius 3 is 2.67 bits per heavy atom. The number of hydrogen-bond acceptors (Lipinski definition) is 2. The number of hydrogen-bond donors (Lipinski definition) is 2. The monoisotopic (exact) mass is 290 g/mol. The summed E-state index contributed by atoms with van der Waals surface area (Å²) in [5.41, 5.74) is 1.19. The molecule has 1 aromatic carbocycles. The van der Waals surface area contributed by atoms with Gasteiger partial charge in [-0.25, -0.2) is 4.79 Å². The smallest absolute Gasteiger partial charge is 0.315 e. The topological polar surface area (TPSA) is 50.4 Å². The van der Waals surface area contributed by atoms with Crippen LogP contribution < -0.4 is 10.6 Å². The second kappa shape index (κ2) is 7.46. The van der Waals surface area contributed by atoms with E-state index in [9.17, 15) is 4.79 Å². The Balaban J connectivity index is 1.84. The number of urea groups is 1. The number of ether oxygens (including phenoxy) is 1. The number of amides is 2. The molecule has 0 aliphatic carbocycles. The third-order valence-electron chi connectivity index (χ3n) is 4.23. The van der Waals surface area contributed by atoms with Crippen molar-refractivity contribution in [2.45, 2.75) is 39.3 Å². The summed E-state index contributed by atoms with van der Waals surface area (Å²) in [7, 11) is 0. The van der Waals surface area contributed by atoms with Crippen molar-refractivity contribution in [1.82, 2.24) is 10.6 Å². The quantitative estimate of drug-likeness (QED) is 0.875. The van der Waals surface area contributed by atoms with Crippen molar-refractivity contribution < 1.29 is 9.53 Å². The van der Waals surface area contributed by atoms with E-state index in [4.69, 9.17) is 4.74 Å². The fourth-order valence-electron chi connectivity index (χ4n) is 2.50. The van der Waals surface area contributed by atoms with Crippen molar-refractivity contribution in [2.75, 3.05) is 13.2 Å². The summed E-state index contributed by atoms with van der Waals surface area (Å²) in [6, 6.07) is 10.3. The molecule has 0 spiro atoms. The molecule has 2 rings (SSSR count). The molecule has 1 aromatic rings. The first-order valence-electron chi connectivity index (χ1n) is 7.79. The molecule has 0 aromatic heterocycles. The molecule has 116 valence electrons. The average Bonchev–Trinajstić information content (AvgIpc) is 2.94. The zero-order valence-corrected chi connectivity index (χ0v) is 13.1. The Kier molecular flexibility index (Phi) is 5.62. The normalized spacial score (nSPS) is 23.0. The van der Waals surface area contributed by atoms with Crippen LogP contribution in [-0.2, 0) is 4.74 Å². The molecule has 4 heteroatoms. The fraction of sp³-hybridized carbons (Fsp3) is 0.588. The molecule has 0 radical (unpaired) electrons. The summed E-state index contributed by atoms with van der Waals surface area (Å²) in [4.78, 5) is 11.9. The Labute approximate surface area is 127 Å². The average molecular weight is 290 g/mol. The summed E-state index contributed by atoms with van der Waals surface area (Å²) in [5, 5.41) is 5.95. The molecule has 2 N–H and O–H groups in total. The van der Waals surface area contributed by atoms with Crippen molar-refractivity contribution in [3.05, 3.63) is 35.9 Å². The molecule has 0 unspecified atom stereocenters. The van der Waals surface area contributed by atoms with E-state index in [-0.39, 0.29) is 18.2 Å². The van der Waals surface area contributed by atoms with Crippen LogP contribution in [0.4, 0.5) is 4.79 Å². The highest BCUT2D eigenvalue weighted by atomic mass is 16.5. The van der Waals surface area contributed by atoms with Crippen molar-refractivity contribution in [3.63, 3.8) is 0 Å². The van der Waals surface area contributed by atoms with E-state index in [1.54, 1.807) is 0 Å². The molecule has 4 nitrogen and oxygen atoms in total. The highest BCUT2D eigenvalue weighted by molar-refractivity contribution is 5.74. The fourth-order valence-corrected chi connectivity index (χ4v) is 2.50. The third kappa shape index (κ3) is 4.46. The Morgan fingerprint density at radius 2 is 2.00 bits per heavy atom. The molecule has 21 heavy (non-hydrogen) atoms. The van der Waals surface area contributed by atoms with Crippen molar-refractivity contribution in [3.8, 4) is 0 Å². The Morgan fingerprint density at radius 1 is 1.29 bits per heavy atom. The van der Waals surface area contributed by atoms with Crippen molar-refractivity contribution in [1.29, 1.82) is 0 Å². The van der Waals surface area contributed by atoms with Gasteiger partial charge in [-0.15, -0.1) is 0 Å². The minimum atomic E-state index is -0.0880. The van der Waals surface area contributed by atoms with Crippen LogP contribution >= 0.6 is 0 Å². The number of benzene rings is 1. The highest BCUT2D eigenvalue weighted by Crippen LogP contribution is 2.33. The molecular formula is C17H26N2O2. The van der Waals surface area contributed by atoms with Gasteiger partial charge in [0, 0.05) is 25.1 Å². The second-order valence-corrected chi connectivity index (χ2v) is 6.14. The van der Waals surface area contributed by atoms with Gasteiger partial charge in [0.25, 0.3) is 0 Å². The van der Waals surface area contributed by atoms with Gasteiger partial charge in [0.15, 0.2) is 0 Å². The largest absolute Gasteiger partial charge is 0.373 e. The maximum atomic E-state index is 11.9. The molecule has 2 amide bonds. The van der Waals surface area contributed by atoms with Crippen LogP contribution in [0.25, 0.3) is 0 Å². The Bertz CT molecular complexity index is 447. The van der Waals surface area contributed by atoms with Gasteiger partial charge < -0.3 is 15.4 Å². The molecule has 1 aliphatic rings. The molecule has 0 bridgehead atoms. The van der Waals surface area contributed by atoms with E-state index in [1.165, 1.54) is 5.56 Å². The van der Waals surface area contributed by atoms with Crippen LogP contribution in [-0.4, -0.2) is 25.2 Å². The van der Waals surface area contributed by atoms with Crippen molar-refractivity contribution >= 4 is 6.03 Å². The van der Waals surface area contributed by atoms with E-state index in [0.29, 0.717) is 18.4 Å². The first-order chi connectivity index (χ1) is 10.1. The molecule has 1 aliphatic heterocycles. The SMILES string of the molecule is CC(C)[C@@H](C)NC(=O)NC[C@H]1CCO[C@@H]1c1ccccc1. The zero-order chi connectivity index (χ0) is 15.2. The van der Waals surface area contributed by atoms with Crippen LogP contribution in [0.2, 0.25) is 0 Å². The Hall–Kier alpha value is -1.55. The van der Waals surface area contributed by atoms with Gasteiger partial charge in [-0.1, -0.05) is 44.2 Å². The van der Waals surface area contributed by atoms with Crippen LogP contribution in [0.5, 0.6) is 0 Å². The molecule has 3 atom stereocenters. The molecule has 1 saturated heterocycles. The van der Waals surface area contributed by atoms with Crippen molar-refractivity contribution in [2.24, 2.45) is 11.8 Å². The number of nitrogens with one attached hydrogen (secondary N) is 2. The van der Waals surface area contributed by atoms with Gasteiger partial charge in [-0.3, -0.25) is 0 Å². The number of rotatable bonds is 5. The summed E-state index contributed by atoms with van der Waals surface area (Å²) in [5.74, 6) is 0.773. The maximum Gasteiger partial charge on any atom is 0.315 e. The zero-order valence-electron chi connectivity index (χ0n) is 13.1. The van der Waals surface area contributed by atoms with E-state index < -0.39 is 0 Å². The van der Waals surface area contributed by atoms with Gasteiger partial charge in [-0.2, -0.15) is 0 Å². The minimum Gasteiger partial charge on any atom is -0.373 e. The van der Waals surface area contributed by atoms with E-state index in [2.05, 4.69) is 36.6 Å². The standard InChI is InChI=1S/C17H26N2O2/c1-12(2)13(3)19-17(20)18-11-15-9-10-21-16(15)14-7-5-4-6-8-14/h4-8,12-13,15-16H,9-11H2,1-3H3,(H2,18,19,20)/t13-,15-,16-/m1/s1. The summed E-state index contributed by atoms with van der Waals surface area (Å²) >= 11 is 0. The van der Waals surface area contributed by atoms with Gasteiger partial charge >= 0.3 is 6.03 Å². The second-order valence-electron chi connectivity index (χ2n) is 6.14. The van der Waals surface area contributed by atoms with E-state index in [0.717, 1.165) is 13.0 Å². The number of carbonyl (C=O) groups is 1. The van der Waals surface area contributed by atoms with Crippen LogP contribution in [0.3, 0.4) is 0 Å². The molecular weight excluding hydrogens is 264 g/mol. The van der Waals surface area contributed by atoms with Crippen LogP contribution in [0.15, 0.2) is 30.3 Å². The first-order valence-corrected chi connectivity index (χ1v) is 7.79. The van der Waals surface area contributed by atoms with Gasteiger partial charge in [0.2, 0.25) is 0 Å². The van der Waals surface area contributed by atoms with Gasteiger partial charge in [0.05, 0.1) is 6.10 Å². The van der Waals surface area contributed by atoms with Crippen LogP contribution in [0.1, 0.15) is 38.9 Å². The molecule has 0 saturated carbocycles. The molecule has 1 heterocycles. The summed E-state index contributed by atoms with van der Waals surface area (Å²) in [6.45, 7) is 7.63. The lowest BCUT2D eigenvalue weighted by Gasteiger charge is -2.21. The molecule has 1 fully saturated rings. The lowest BCUT2D eigenvalue weighted by molar-refractivity contribution is 0.0909. The highest BCUT2D eigenvalue weighted by Gasteiger charge is 2.29. The summed E-state index contributed by atoms with van der Waals surface area (Å²) < 4.78 is 5.83. The predicted octanol–water partition coefficient (Wildman–Crippen LogP) is 3.11. The maximum absolute atomic E-state index is 11.9.